The van der Waals surface area contributed by atoms with Crippen LogP contribution >= 0.6 is 34.8 Å². The highest BCUT2D eigenvalue weighted by Gasteiger charge is 2.32. The Bertz CT molecular complexity index is 2080. The smallest absolute Gasteiger partial charge is 0.335 e. The lowest BCUT2D eigenvalue weighted by atomic mass is 9.98. The topological polar surface area (TPSA) is 102 Å². The third-order valence-corrected chi connectivity index (χ3v) is 10.1. The summed E-state index contributed by atoms with van der Waals surface area (Å²) in [6, 6.07) is 10.5. The summed E-state index contributed by atoms with van der Waals surface area (Å²) in [5.74, 6) is -0.519. The molecule has 0 saturated carbocycles. The third kappa shape index (κ3) is 6.27. The highest BCUT2D eigenvalue weighted by atomic mass is 35.5. The molecule has 1 amide bonds. The molecule has 0 saturated heterocycles. The molecule has 5 aromatic rings. The normalized spacial score (nSPS) is 13.2. The van der Waals surface area contributed by atoms with Gasteiger partial charge in [0.2, 0.25) is 0 Å². The van der Waals surface area contributed by atoms with Gasteiger partial charge < -0.3 is 19.3 Å². The molecule has 250 valence electrons. The lowest BCUT2D eigenvalue weighted by Gasteiger charge is -2.21. The number of halogens is 3. The van der Waals surface area contributed by atoms with Crippen LogP contribution in [0.1, 0.15) is 67.5 Å². The van der Waals surface area contributed by atoms with Crippen LogP contribution in [0.15, 0.2) is 36.4 Å². The summed E-state index contributed by atoms with van der Waals surface area (Å²) in [5, 5.41) is 16.6. The molecule has 0 unspecified atom stereocenters. The van der Waals surface area contributed by atoms with Gasteiger partial charge in [-0.15, -0.1) is 0 Å². The number of aromatic nitrogens is 4. The van der Waals surface area contributed by atoms with Crippen LogP contribution < -0.4 is 4.74 Å². The van der Waals surface area contributed by atoms with E-state index in [0.29, 0.717) is 55.4 Å². The molecule has 0 aliphatic carbocycles. The minimum Gasteiger partial charge on any atom is -0.494 e. The van der Waals surface area contributed by atoms with Crippen LogP contribution in [0.25, 0.3) is 22.0 Å². The Morgan fingerprint density at radius 2 is 1.73 bits per heavy atom. The van der Waals surface area contributed by atoms with Crippen molar-refractivity contribution in [2.75, 3.05) is 13.2 Å². The fraction of sp³-hybridized carbons (Fsp3) is 0.333. The number of aromatic carboxylic acids is 1. The standard InChI is InChI=1S/C36H36Cl3N5O4/c1-19-14-25(15-20(2)32(19)39)48-13-6-8-26-27-9-10-28(37)31(30-21(3)41-42(5)22(30)4)33(27)44-12-7-11-43(35(45)34(26)44)18-24-16-23(36(46)47)17-29(38)40-24/h9-10,14-17H,6-8,11-13,18H2,1-5H3,(H,46,47). The number of fused-ring (bicyclic) bond motifs is 3. The molecule has 3 aromatic heterocycles. The van der Waals surface area contributed by atoms with E-state index in [-0.39, 0.29) is 23.2 Å². The minimum atomic E-state index is -1.11. The first-order valence-corrected chi connectivity index (χ1v) is 16.9. The van der Waals surface area contributed by atoms with Crippen LogP contribution in [0.4, 0.5) is 0 Å². The molecule has 9 nitrogen and oxygen atoms in total. The summed E-state index contributed by atoms with van der Waals surface area (Å²) >= 11 is 19.5. The number of hydrogen-bond acceptors (Lipinski definition) is 5. The second-order valence-electron chi connectivity index (χ2n) is 12.3. The largest absolute Gasteiger partial charge is 0.494 e. The van der Waals surface area contributed by atoms with Crippen molar-refractivity contribution in [3.8, 4) is 16.9 Å². The molecular formula is C36H36Cl3N5O4. The van der Waals surface area contributed by atoms with Crippen molar-refractivity contribution >= 4 is 57.6 Å². The van der Waals surface area contributed by atoms with Crippen LogP contribution in [0.2, 0.25) is 15.2 Å². The molecule has 0 bridgehead atoms. The zero-order chi connectivity index (χ0) is 34.4. The number of carbonyl (C=O) groups excluding carboxylic acids is 1. The van der Waals surface area contributed by atoms with Gasteiger partial charge in [-0.1, -0.05) is 40.9 Å². The Morgan fingerprint density at radius 1 is 1.00 bits per heavy atom. The summed E-state index contributed by atoms with van der Waals surface area (Å²) in [6.45, 7) is 9.50. The number of hydrogen-bond donors (Lipinski definition) is 1. The number of aryl methyl sites for hydroxylation is 6. The summed E-state index contributed by atoms with van der Waals surface area (Å²) in [4.78, 5) is 32.4. The fourth-order valence-corrected chi connectivity index (χ4v) is 7.37. The Morgan fingerprint density at radius 3 is 2.40 bits per heavy atom. The molecule has 6 rings (SSSR count). The average Bonchev–Trinajstić information content (AvgIpc) is 3.41. The number of carboxylic acid groups (broad SMARTS) is 1. The lowest BCUT2D eigenvalue weighted by Crippen LogP contribution is -2.31. The minimum absolute atomic E-state index is 0.0228. The van der Waals surface area contributed by atoms with Crippen molar-refractivity contribution in [2.45, 2.75) is 60.0 Å². The highest BCUT2D eigenvalue weighted by Crippen LogP contribution is 2.43. The molecule has 12 heteroatoms. The zero-order valence-corrected chi connectivity index (χ0v) is 29.7. The predicted octanol–water partition coefficient (Wildman–Crippen LogP) is 8.39. The van der Waals surface area contributed by atoms with Crippen molar-refractivity contribution < 1.29 is 19.4 Å². The van der Waals surface area contributed by atoms with Crippen LogP contribution in [0.5, 0.6) is 5.75 Å². The molecule has 48 heavy (non-hydrogen) atoms. The Hall–Kier alpha value is -4.05. The number of benzene rings is 2. The average molecular weight is 709 g/mol. The zero-order valence-electron chi connectivity index (χ0n) is 27.5. The van der Waals surface area contributed by atoms with Crippen molar-refractivity contribution in [3.05, 3.63) is 96.6 Å². The summed E-state index contributed by atoms with van der Waals surface area (Å²) in [5.41, 5.74) is 8.39. The van der Waals surface area contributed by atoms with Gasteiger partial charge in [-0.05, 0) is 94.0 Å². The Kier molecular flexibility index (Phi) is 9.48. The number of carboxylic acids is 1. The maximum absolute atomic E-state index is 14.6. The maximum Gasteiger partial charge on any atom is 0.335 e. The van der Waals surface area contributed by atoms with Crippen LogP contribution in [-0.2, 0) is 26.6 Å². The third-order valence-electron chi connectivity index (χ3n) is 9.03. The first-order chi connectivity index (χ1) is 22.8. The van der Waals surface area contributed by atoms with E-state index in [1.54, 1.807) is 4.90 Å². The SMILES string of the molecule is Cc1cc(OCCCc2c3n(c4c(-c5c(C)nn(C)c5C)c(Cl)ccc24)CCCN(Cc2cc(C(=O)O)cc(Cl)n2)C3=O)cc(C)c1Cl. The number of ether oxygens (including phenoxy) is 1. The van der Waals surface area contributed by atoms with Gasteiger partial charge in [-0.25, -0.2) is 9.78 Å². The molecule has 4 heterocycles. The van der Waals surface area contributed by atoms with Gasteiger partial charge in [0.1, 0.15) is 16.6 Å². The van der Waals surface area contributed by atoms with Gasteiger partial charge in [0.05, 0.1) is 40.6 Å². The molecule has 0 fully saturated rings. The van der Waals surface area contributed by atoms with Crippen LogP contribution in [0, 0.1) is 27.7 Å². The van der Waals surface area contributed by atoms with Gasteiger partial charge in [-0.2, -0.15) is 5.10 Å². The summed E-state index contributed by atoms with van der Waals surface area (Å²) < 4.78 is 10.1. The predicted molar refractivity (Wildman–Crippen MR) is 189 cm³/mol. The summed E-state index contributed by atoms with van der Waals surface area (Å²) in [7, 11) is 1.91. The highest BCUT2D eigenvalue weighted by molar-refractivity contribution is 6.35. The van der Waals surface area contributed by atoms with E-state index in [1.807, 2.05) is 63.7 Å². The lowest BCUT2D eigenvalue weighted by molar-refractivity contribution is 0.0696. The molecule has 1 aliphatic rings. The number of carbonyl (C=O) groups is 2. The van der Waals surface area contributed by atoms with Crippen molar-refractivity contribution in [2.24, 2.45) is 7.05 Å². The summed E-state index contributed by atoms with van der Waals surface area (Å²) in [6.07, 6.45) is 1.90. The number of rotatable bonds is 9. The van der Waals surface area contributed by atoms with E-state index in [2.05, 4.69) is 14.6 Å². The molecule has 2 aromatic carbocycles. The monoisotopic (exact) mass is 707 g/mol. The molecule has 1 N–H and O–H groups in total. The van der Waals surface area contributed by atoms with Crippen LogP contribution in [0.3, 0.4) is 0 Å². The first-order valence-electron chi connectivity index (χ1n) is 15.8. The van der Waals surface area contributed by atoms with Gasteiger partial charge in [0.25, 0.3) is 5.91 Å². The van der Waals surface area contributed by atoms with Gasteiger partial charge >= 0.3 is 5.97 Å². The van der Waals surface area contributed by atoms with E-state index >= 15 is 0 Å². The molecular weight excluding hydrogens is 673 g/mol. The Labute approximate surface area is 294 Å². The number of amides is 1. The number of nitrogens with zero attached hydrogens (tertiary/aromatic N) is 5. The second kappa shape index (κ2) is 13.5. The number of pyridine rings is 1. The second-order valence-corrected chi connectivity index (χ2v) is 13.5. The fourth-order valence-electron chi connectivity index (χ4n) is 6.79. The molecule has 0 spiro atoms. The quantitative estimate of drug-likeness (QED) is 0.122. The Balaban J connectivity index is 1.43. The van der Waals surface area contributed by atoms with Gasteiger partial charge in [0.15, 0.2) is 0 Å². The van der Waals surface area contributed by atoms with Gasteiger partial charge in [0, 0.05) is 47.4 Å². The van der Waals surface area contributed by atoms with E-state index in [9.17, 15) is 14.7 Å². The molecule has 0 radical (unpaired) electrons. The maximum atomic E-state index is 14.6. The van der Waals surface area contributed by atoms with Crippen LogP contribution in [-0.4, -0.2) is 54.4 Å². The van der Waals surface area contributed by atoms with Crippen molar-refractivity contribution in [1.82, 2.24) is 24.2 Å². The van der Waals surface area contributed by atoms with E-state index in [4.69, 9.17) is 39.5 Å². The van der Waals surface area contributed by atoms with Crippen molar-refractivity contribution in [3.63, 3.8) is 0 Å². The molecule has 0 atom stereocenters. The first kappa shape index (κ1) is 33.8. The van der Waals surface area contributed by atoms with E-state index in [1.165, 1.54) is 12.1 Å². The van der Waals surface area contributed by atoms with E-state index < -0.39 is 5.97 Å². The van der Waals surface area contributed by atoms with Crippen molar-refractivity contribution in [1.29, 1.82) is 0 Å². The van der Waals surface area contributed by atoms with E-state index in [0.717, 1.165) is 60.9 Å². The molecule has 1 aliphatic heterocycles. The van der Waals surface area contributed by atoms with Gasteiger partial charge in [-0.3, -0.25) is 9.48 Å².